The van der Waals surface area contributed by atoms with E-state index in [1.807, 2.05) is 52.8 Å². The molecule has 4 aromatic carbocycles. The van der Waals surface area contributed by atoms with Crippen LogP contribution in [0.15, 0.2) is 89.3 Å². The molecule has 9 nitrogen and oxygen atoms in total. The Morgan fingerprint density at radius 3 is 2.27 bits per heavy atom. The van der Waals surface area contributed by atoms with Gasteiger partial charge in [0, 0.05) is 40.4 Å². The van der Waals surface area contributed by atoms with Crippen LogP contribution in [0.2, 0.25) is 5.02 Å². The number of sulfonamides is 1. The molecule has 6 rings (SSSR count). The number of allylic oxidation sites excluding steroid dienone is 1. The predicted molar refractivity (Wildman–Crippen MR) is 204 cm³/mol. The lowest BCUT2D eigenvalue weighted by molar-refractivity contribution is -0.117. The SMILES string of the molecule is Cc1ccc(S(=O)(=O)NC(=O)c2cccc(CNC(=O)C3=C(CCCOc4cc(C)c(Cl)c(C)c4)c4cccc(-c5c(C)n[nH]c5C)c4C3)c2)cc1. The van der Waals surface area contributed by atoms with E-state index < -0.39 is 15.9 Å². The highest BCUT2D eigenvalue weighted by molar-refractivity contribution is 7.90. The topological polar surface area (TPSA) is 130 Å². The van der Waals surface area contributed by atoms with Crippen LogP contribution in [0.4, 0.5) is 0 Å². The molecule has 0 saturated carbocycles. The normalized spacial score (nSPS) is 12.5. The van der Waals surface area contributed by atoms with Gasteiger partial charge in [-0.25, -0.2) is 13.1 Å². The molecule has 1 aliphatic rings. The molecule has 5 aromatic rings. The molecule has 0 unspecified atom stereocenters. The molecular weight excluding hydrogens is 696 g/mol. The molecule has 0 radical (unpaired) electrons. The van der Waals surface area contributed by atoms with E-state index in [0.717, 1.165) is 66.7 Å². The first-order valence-electron chi connectivity index (χ1n) is 17.1. The standard InChI is InChI=1S/C41H41ClN4O5S/c1-24-14-16-32(17-15-24)52(49,50)46-40(47)30-10-6-9-29(21-30)23-43-41(48)37-22-36-33(11-7-12-35(36)38-27(4)44-45-28(38)5)34(37)13-8-18-51-31-19-25(2)39(42)26(3)20-31/h6-7,9-12,14-17,19-21H,8,13,18,22-23H2,1-5H3,(H,43,48)(H,44,45)(H,46,47). The number of aromatic amines is 1. The third-order valence-electron chi connectivity index (χ3n) is 9.34. The van der Waals surface area contributed by atoms with Gasteiger partial charge in [0.15, 0.2) is 0 Å². The van der Waals surface area contributed by atoms with Gasteiger partial charge in [0.05, 0.1) is 17.2 Å². The zero-order valence-electron chi connectivity index (χ0n) is 29.8. The summed E-state index contributed by atoms with van der Waals surface area (Å²) >= 11 is 6.35. The van der Waals surface area contributed by atoms with Gasteiger partial charge in [-0.2, -0.15) is 5.10 Å². The van der Waals surface area contributed by atoms with E-state index in [2.05, 4.69) is 32.4 Å². The fourth-order valence-corrected chi connectivity index (χ4v) is 7.77. The maximum absolute atomic E-state index is 14.0. The molecular formula is C41H41ClN4O5S. The van der Waals surface area contributed by atoms with Crippen molar-refractivity contribution in [3.05, 3.63) is 140 Å². The van der Waals surface area contributed by atoms with Crippen LogP contribution < -0.4 is 14.8 Å². The van der Waals surface area contributed by atoms with Crippen LogP contribution in [0.25, 0.3) is 16.7 Å². The monoisotopic (exact) mass is 736 g/mol. The molecule has 0 bridgehead atoms. The highest BCUT2D eigenvalue weighted by Gasteiger charge is 2.29. The number of nitrogens with zero attached hydrogens (tertiary/aromatic N) is 1. The molecule has 1 heterocycles. The number of aryl methyl sites for hydroxylation is 5. The number of rotatable bonds is 12. The van der Waals surface area contributed by atoms with Gasteiger partial charge in [-0.1, -0.05) is 59.6 Å². The highest BCUT2D eigenvalue weighted by Crippen LogP contribution is 2.42. The van der Waals surface area contributed by atoms with Crippen molar-refractivity contribution in [3.63, 3.8) is 0 Å². The first kappa shape index (κ1) is 36.6. The molecule has 0 spiro atoms. The van der Waals surface area contributed by atoms with Crippen molar-refractivity contribution in [2.45, 2.75) is 65.3 Å². The third-order valence-corrected chi connectivity index (χ3v) is 11.3. The Bertz CT molecular complexity index is 2290. The minimum absolute atomic E-state index is 0.000471. The molecule has 0 atom stereocenters. The van der Waals surface area contributed by atoms with Crippen LogP contribution in [-0.2, 0) is 27.8 Å². The first-order chi connectivity index (χ1) is 24.8. The van der Waals surface area contributed by atoms with E-state index in [1.54, 1.807) is 30.3 Å². The van der Waals surface area contributed by atoms with Gasteiger partial charge < -0.3 is 10.1 Å². The molecule has 11 heteroatoms. The fraction of sp³-hybridized carbons (Fsp3) is 0.244. The third kappa shape index (κ3) is 7.83. The summed E-state index contributed by atoms with van der Waals surface area (Å²) in [5, 5.41) is 11.3. The Morgan fingerprint density at radius 2 is 1.58 bits per heavy atom. The molecule has 52 heavy (non-hydrogen) atoms. The van der Waals surface area contributed by atoms with Crippen LogP contribution in [0, 0.1) is 34.6 Å². The molecule has 0 aliphatic heterocycles. The number of hydrogen-bond acceptors (Lipinski definition) is 6. The van der Waals surface area contributed by atoms with Crippen LogP contribution in [0.5, 0.6) is 5.75 Å². The molecule has 3 N–H and O–H groups in total. The van der Waals surface area contributed by atoms with Crippen LogP contribution >= 0.6 is 11.6 Å². The lowest BCUT2D eigenvalue weighted by Gasteiger charge is -2.13. The van der Waals surface area contributed by atoms with Crippen LogP contribution in [-0.4, -0.2) is 37.0 Å². The minimum Gasteiger partial charge on any atom is -0.494 e. The number of ether oxygens (including phenoxy) is 1. The van der Waals surface area contributed by atoms with E-state index >= 15 is 0 Å². The zero-order valence-corrected chi connectivity index (χ0v) is 31.4. The number of aromatic nitrogens is 2. The molecule has 2 amide bonds. The number of benzene rings is 4. The Balaban J connectivity index is 1.20. The van der Waals surface area contributed by atoms with Crippen LogP contribution in [0.3, 0.4) is 0 Å². The summed E-state index contributed by atoms with van der Waals surface area (Å²) in [6.45, 7) is 10.3. The summed E-state index contributed by atoms with van der Waals surface area (Å²) in [5.74, 6) is -0.206. The molecule has 0 fully saturated rings. The predicted octanol–water partition coefficient (Wildman–Crippen LogP) is 7.88. The Hall–Kier alpha value is -5.19. The maximum atomic E-state index is 14.0. The number of fused-ring (bicyclic) bond motifs is 1. The average molecular weight is 737 g/mol. The average Bonchev–Trinajstić information content (AvgIpc) is 3.66. The summed E-state index contributed by atoms with van der Waals surface area (Å²) in [5.41, 5.74) is 11.3. The minimum atomic E-state index is -4.06. The van der Waals surface area contributed by atoms with E-state index in [0.29, 0.717) is 37.0 Å². The second-order valence-corrected chi connectivity index (χ2v) is 15.3. The van der Waals surface area contributed by atoms with Crippen molar-refractivity contribution in [2.24, 2.45) is 0 Å². The van der Waals surface area contributed by atoms with Gasteiger partial charge in [-0.15, -0.1) is 0 Å². The van der Waals surface area contributed by atoms with E-state index in [1.165, 1.54) is 18.2 Å². The summed E-state index contributed by atoms with van der Waals surface area (Å²) in [6, 6.07) is 22.8. The second kappa shape index (κ2) is 15.2. The van der Waals surface area contributed by atoms with Gasteiger partial charge in [0.1, 0.15) is 5.75 Å². The van der Waals surface area contributed by atoms with Gasteiger partial charge in [0.2, 0.25) is 5.91 Å². The maximum Gasteiger partial charge on any atom is 0.265 e. The number of carbonyl (C=O) groups excluding carboxylic acids is 2. The summed E-state index contributed by atoms with van der Waals surface area (Å²) < 4.78 is 33.9. The van der Waals surface area contributed by atoms with Crippen molar-refractivity contribution in [2.75, 3.05) is 6.61 Å². The molecule has 268 valence electrons. The van der Waals surface area contributed by atoms with Crippen LogP contribution in [0.1, 0.15) is 68.0 Å². The van der Waals surface area contributed by atoms with Gasteiger partial charge in [0.25, 0.3) is 15.9 Å². The van der Waals surface area contributed by atoms with Crippen molar-refractivity contribution in [1.82, 2.24) is 20.2 Å². The molecule has 1 aromatic heterocycles. The van der Waals surface area contributed by atoms with Gasteiger partial charge in [-0.3, -0.25) is 14.7 Å². The fourth-order valence-electron chi connectivity index (χ4n) is 6.69. The van der Waals surface area contributed by atoms with Crippen molar-refractivity contribution in [1.29, 1.82) is 0 Å². The smallest absolute Gasteiger partial charge is 0.265 e. The van der Waals surface area contributed by atoms with Crippen molar-refractivity contribution in [3.8, 4) is 16.9 Å². The highest BCUT2D eigenvalue weighted by atomic mass is 35.5. The second-order valence-electron chi connectivity index (χ2n) is 13.2. The van der Waals surface area contributed by atoms with Gasteiger partial charge in [-0.05, 0) is 123 Å². The Kier molecular flexibility index (Phi) is 10.7. The molecule has 1 aliphatic carbocycles. The Labute approximate surface area is 309 Å². The number of H-pyrrole nitrogens is 1. The number of hydrogen-bond donors (Lipinski definition) is 3. The zero-order chi connectivity index (χ0) is 37.2. The lowest BCUT2D eigenvalue weighted by Crippen LogP contribution is -2.30. The number of carbonyl (C=O) groups is 2. The van der Waals surface area contributed by atoms with E-state index in [-0.39, 0.29) is 22.9 Å². The van der Waals surface area contributed by atoms with E-state index in [9.17, 15) is 18.0 Å². The Morgan fingerprint density at radius 1 is 0.885 bits per heavy atom. The molecule has 0 saturated heterocycles. The number of amides is 2. The number of nitrogens with one attached hydrogen (secondary N) is 3. The van der Waals surface area contributed by atoms with Gasteiger partial charge >= 0.3 is 0 Å². The summed E-state index contributed by atoms with van der Waals surface area (Å²) in [4.78, 5) is 27.0. The summed E-state index contributed by atoms with van der Waals surface area (Å²) in [6.07, 6.45) is 1.76. The largest absolute Gasteiger partial charge is 0.494 e. The van der Waals surface area contributed by atoms with Crippen molar-refractivity contribution >= 4 is 39.0 Å². The first-order valence-corrected chi connectivity index (χ1v) is 18.9. The quantitative estimate of drug-likeness (QED) is 0.112. The summed E-state index contributed by atoms with van der Waals surface area (Å²) in [7, 11) is -4.06. The van der Waals surface area contributed by atoms with E-state index in [4.69, 9.17) is 16.3 Å². The lowest BCUT2D eigenvalue weighted by atomic mass is 9.93. The number of halogens is 1. The van der Waals surface area contributed by atoms with Crippen molar-refractivity contribution < 1.29 is 22.7 Å².